The second kappa shape index (κ2) is 11.4. The first kappa shape index (κ1) is 25.4. The van der Waals surface area contributed by atoms with Gasteiger partial charge in [-0.25, -0.2) is 0 Å². The molecule has 0 saturated carbocycles. The van der Waals surface area contributed by atoms with Crippen LogP contribution in [-0.4, -0.2) is 48.5 Å². The molecule has 2 aromatic carbocycles. The predicted molar refractivity (Wildman–Crippen MR) is 147 cm³/mol. The van der Waals surface area contributed by atoms with E-state index in [1.165, 1.54) is 22.4 Å². The number of halogens is 1. The number of aryl methyl sites for hydroxylation is 1. The number of ether oxygens (including phenoxy) is 1. The molecule has 6 heteroatoms. The van der Waals surface area contributed by atoms with Gasteiger partial charge in [-0.05, 0) is 79.3 Å². The summed E-state index contributed by atoms with van der Waals surface area (Å²) in [5, 5.41) is 4.24. The van der Waals surface area contributed by atoms with Crippen LogP contribution in [0.5, 0.6) is 5.75 Å². The summed E-state index contributed by atoms with van der Waals surface area (Å²) >= 11 is 6.63. The standard InChI is InChI=1S/C30H40ClN3O2/c1-21(2)17-34(18-22-15-24-7-3-4-14-36-29(24)27(31)16-22)30(35)26-10-6-13-33(20-26)19-25-9-5-8-23-11-12-32-28(23)25/h5,8-9,15-16,21,26,32H,3-4,6-7,10-14,17-20H2,1-2H3/t26-/m1/s1. The third-order valence-corrected chi connectivity index (χ3v) is 8.00. The zero-order valence-electron chi connectivity index (χ0n) is 21.8. The lowest BCUT2D eigenvalue weighted by atomic mass is 9.95. The number of nitrogens with one attached hydrogen (secondary N) is 1. The number of carbonyl (C=O) groups is 1. The maximum absolute atomic E-state index is 13.9. The molecule has 5 nitrogen and oxygen atoms in total. The maximum atomic E-state index is 13.9. The van der Waals surface area contributed by atoms with E-state index in [4.69, 9.17) is 16.3 Å². The number of amides is 1. The van der Waals surface area contributed by atoms with Crippen molar-refractivity contribution in [1.82, 2.24) is 9.80 Å². The van der Waals surface area contributed by atoms with Gasteiger partial charge in [0.05, 0.1) is 17.5 Å². The Labute approximate surface area is 221 Å². The fraction of sp³-hybridized carbons (Fsp3) is 0.567. The predicted octanol–water partition coefficient (Wildman–Crippen LogP) is 5.92. The van der Waals surface area contributed by atoms with Gasteiger partial charge in [0, 0.05) is 38.4 Å². The average molecular weight is 510 g/mol. The summed E-state index contributed by atoms with van der Waals surface area (Å²) in [7, 11) is 0. The first-order valence-corrected chi connectivity index (χ1v) is 14.2. The number of anilines is 1. The van der Waals surface area contributed by atoms with Crippen molar-refractivity contribution >= 4 is 23.2 Å². The van der Waals surface area contributed by atoms with E-state index in [1.807, 2.05) is 6.07 Å². The fourth-order valence-corrected chi connectivity index (χ4v) is 6.40. The molecule has 36 heavy (non-hydrogen) atoms. The molecule has 0 spiro atoms. The van der Waals surface area contributed by atoms with E-state index in [2.05, 4.69) is 53.2 Å². The number of rotatable bonds is 7. The molecular weight excluding hydrogens is 470 g/mol. The van der Waals surface area contributed by atoms with E-state index >= 15 is 0 Å². The summed E-state index contributed by atoms with van der Waals surface area (Å²) in [6, 6.07) is 10.9. The Morgan fingerprint density at radius 1 is 1.19 bits per heavy atom. The van der Waals surface area contributed by atoms with Gasteiger partial charge >= 0.3 is 0 Å². The van der Waals surface area contributed by atoms with E-state index in [1.54, 1.807) is 0 Å². The topological polar surface area (TPSA) is 44.8 Å². The maximum Gasteiger partial charge on any atom is 0.227 e. The molecule has 1 amide bonds. The third kappa shape index (κ3) is 5.84. The van der Waals surface area contributed by atoms with Gasteiger partial charge in [0.25, 0.3) is 0 Å². The molecule has 2 aromatic rings. The number of hydrogen-bond donors (Lipinski definition) is 1. The quantitative estimate of drug-likeness (QED) is 0.503. The van der Waals surface area contributed by atoms with Crippen molar-refractivity contribution in [3.8, 4) is 5.75 Å². The van der Waals surface area contributed by atoms with Crippen molar-refractivity contribution in [3.63, 3.8) is 0 Å². The van der Waals surface area contributed by atoms with Crippen LogP contribution in [0.2, 0.25) is 5.02 Å². The monoisotopic (exact) mass is 509 g/mol. The molecule has 1 saturated heterocycles. The van der Waals surface area contributed by atoms with Crippen molar-refractivity contribution in [2.45, 2.75) is 65.5 Å². The van der Waals surface area contributed by atoms with Crippen LogP contribution in [0.15, 0.2) is 30.3 Å². The highest BCUT2D eigenvalue weighted by molar-refractivity contribution is 6.32. The Kier molecular flexibility index (Phi) is 8.07. The van der Waals surface area contributed by atoms with E-state index in [-0.39, 0.29) is 11.8 Å². The lowest BCUT2D eigenvalue weighted by Gasteiger charge is -2.36. The Morgan fingerprint density at radius 2 is 2.08 bits per heavy atom. The molecule has 0 aliphatic carbocycles. The minimum Gasteiger partial charge on any atom is -0.492 e. The molecule has 0 bridgehead atoms. The highest BCUT2D eigenvalue weighted by Crippen LogP contribution is 2.34. The minimum atomic E-state index is 0.0434. The Morgan fingerprint density at radius 3 is 2.94 bits per heavy atom. The molecule has 0 radical (unpaired) electrons. The van der Waals surface area contributed by atoms with Crippen LogP contribution in [0, 0.1) is 11.8 Å². The Balaban J connectivity index is 1.29. The van der Waals surface area contributed by atoms with Gasteiger partial charge in [-0.3, -0.25) is 9.69 Å². The van der Waals surface area contributed by atoms with Crippen LogP contribution in [0.1, 0.15) is 61.8 Å². The first-order valence-electron chi connectivity index (χ1n) is 13.8. The van der Waals surface area contributed by atoms with Gasteiger partial charge in [0.1, 0.15) is 5.75 Å². The van der Waals surface area contributed by atoms with Crippen LogP contribution < -0.4 is 10.1 Å². The van der Waals surface area contributed by atoms with Crippen LogP contribution in [0.25, 0.3) is 0 Å². The van der Waals surface area contributed by atoms with Crippen molar-refractivity contribution in [2.75, 3.05) is 38.1 Å². The summed E-state index contributed by atoms with van der Waals surface area (Å²) in [5.74, 6) is 1.57. The molecule has 1 atom stereocenters. The minimum absolute atomic E-state index is 0.0434. The highest BCUT2D eigenvalue weighted by Gasteiger charge is 2.30. The van der Waals surface area contributed by atoms with Crippen molar-refractivity contribution in [1.29, 1.82) is 0 Å². The number of fused-ring (bicyclic) bond motifs is 2. The number of benzene rings is 2. The number of carbonyl (C=O) groups excluding carboxylic acids is 1. The smallest absolute Gasteiger partial charge is 0.227 e. The fourth-order valence-electron chi connectivity index (χ4n) is 6.08. The second-order valence-corrected chi connectivity index (χ2v) is 11.6. The van der Waals surface area contributed by atoms with Crippen molar-refractivity contribution < 1.29 is 9.53 Å². The van der Waals surface area contributed by atoms with Crippen molar-refractivity contribution in [3.05, 3.63) is 57.6 Å². The summed E-state index contributed by atoms with van der Waals surface area (Å²) < 4.78 is 5.91. The van der Waals surface area contributed by atoms with Gasteiger partial charge in [0.2, 0.25) is 5.91 Å². The summed E-state index contributed by atoms with van der Waals surface area (Å²) in [6.45, 7) is 10.3. The number of para-hydroxylation sites is 1. The summed E-state index contributed by atoms with van der Waals surface area (Å²) in [5.41, 5.74) is 6.39. The van der Waals surface area contributed by atoms with Gasteiger partial charge in [-0.15, -0.1) is 0 Å². The molecule has 0 aromatic heterocycles. The lowest BCUT2D eigenvalue weighted by molar-refractivity contribution is -0.138. The summed E-state index contributed by atoms with van der Waals surface area (Å²) in [4.78, 5) is 18.4. The first-order chi connectivity index (χ1) is 17.5. The SMILES string of the molecule is CC(C)CN(Cc1cc(Cl)c2c(c1)CCCCO2)C(=O)[C@@H]1CCCN(Cc2cccc3c2NCC3)C1. The average Bonchev–Trinajstić information content (AvgIpc) is 3.22. The van der Waals surface area contributed by atoms with Crippen LogP contribution >= 0.6 is 11.6 Å². The Bertz CT molecular complexity index is 1090. The van der Waals surface area contributed by atoms with E-state index in [0.717, 1.165) is 89.2 Å². The zero-order valence-corrected chi connectivity index (χ0v) is 22.6. The van der Waals surface area contributed by atoms with Crippen molar-refractivity contribution in [2.24, 2.45) is 11.8 Å². The van der Waals surface area contributed by atoms with Crippen LogP contribution in [0.3, 0.4) is 0 Å². The molecule has 1 N–H and O–H groups in total. The lowest BCUT2D eigenvalue weighted by Crippen LogP contribution is -2.45. The molecule has 5 rings (SSSR count). The molecule has 3 heterocycles. The molecule has 3 aliphatic heterocycles. The highest BCUT2D eigenvalue weighted by atomic mass is 35.5. The van der Waals surface area contributed by atoms with E-state index < -0.39 is 0 Å². The second-order valence-electron chi connectivity index (χ2n) is 11.2. The van der Waals surface area contributed by atoms with E-state index in [9.17, 15) is 4.79 Å². The van der Waals surface area contributed by atoms with Crippen LogP contribution in [-0.2, 0) is 30.7 Å². The molecular formula is C30H40ClN3O2. The van der Waals surface area contributed by atoms with Crippen LogP contribution in [0.4, 0.5) is 5.69 Å². The number of hydrogen-bond acceptors (Lipinski definition) is 4. The van der Waals surface area contributed by atoms with Gasteiger partial charge in [0.15, 0.2) is 0 Å². The number of piperidine rings is 1. The number of nitrogens with zero attached hydrogens (tertiary/aromatic N) is 2. The molecule has 0 unspecified atom stereocenters. The normalized spacial score (nSPS) is 19.7. The molecule has 194 valence electrons. The van der Waals surface area contributed by atoms with Gasteiger partial charge in [-0.1, -0.05) is 49.7 Å². The zero-order chi connectivity index (χ0) is 25.1. The molecule has 1 fully saturated rings. The van der Waals surface area contributed by atoms with Gasteiger partial charge < -0.3 is 15.0 Å². The third-order valence-electron chi connectivity index (χ3n) is 7.72. The molecule has 3 aliphatic rings. The summed E-state index contributed by atoms with van der Waals surface area (Å²) in [6.07, 6.45) is 6.28. The van der Waals surface area contributed by atoms with E-state index in [0.29, 0.717) is 17.5 Å². The number of likely N-dealkylation sites (tertiary alicyclic amines) is 1. The largest absolute Gasteiger partial charge is 0.492 e. The van der Waals surface area contributed by atoms with Gasteiger partial charge in [-0.2, -0.15) is 0 Å². The Hall–Kier alpha value is -2.24.